The topological polar surface area (TPSA) is 95.0 Å². The van der Waals surface area contributed by atoms with Crippen molar-refractivity contribution in [2.45, 2.75) is 10.6 Å². The predicted octanol–water partition coefficient (Wildman–Crippen LogP) is 0.302. The quantitative estimate of drug-likeness (QED) is 0.808. The molecule has 1 aliphatic rings. The van der Waals surface area contributed by atoms with Crippen LogP contribution in [0.3, 0.4) is 0 Å². The standard InChI is InChI=1S/C12H16N2O5S2/c1-13(21(18,19)12-3-2-4-20-12)8-10(15)14-6-9(7-14)5-11(16)17/h2-4,9H,5-8H2,1H3,(H,16,17). The molecule has 0 atom stereocenters. The molecule has 9 heteroatoms. The van der Waals surface area contributed by atoms with E-state index in [0.29, 0.717) is 13.1 Å². The summed E-state index contributed by atoms with van der Waals surface area (Å²) in [6.07, 6.45) is 0.0348. The molecule has 1 aliphatic heterocycles. The van der Waals surface area contributed by atoms with Gasteiger partial charge >= 0.3 is 5.97 Å². The van der Waals surface area contributed by atoms with Crippen LogP contribution in [0.25, 0.3) is 0 Å². The van der Waals surface area contributed by atoms with Gasteiger partial charge < -0.3 is 10.0 Å². The Morgan fingerprint density at radius 1 is 1.48 bits per heavy atom. The maximum atomic E-state index is 12.2. The van der Waals surface area contributed by atoms with Gasteiger partial charge in [0.25, 0.3) is 10.0 Å². The Morgan fingerprint density at radius 3 is 2.67 bits per heavy atom. The highest BCUT2D eigenvalue weighted by molar-refractivity contribution is 7.91. The molecule has 0 bridgehead atoms. The fourth-order valence-electron chi connectivity index (χ4n) is 2.09. The summed E-state index contributed by atoms with van der Waals surface area (Å²) in [5.41, 5.74) is 0. The van der Waals surface area contributed by atoms with E-state index in [1.807, 2.05) is 0 Å². The average molecular weight is 332 g/mol. The SMILES string of the molecule is CN(CC(=O)N1CC(CC(=O)O)C1)S(=O)(=O)c1cccs1. The first-order valence-electron chi connectivity index (χ1n) is 6.30. The number of carboxylic acids is 1. The van der Waals surface area contributed by atoms with Gasteiger partial charge in [0.2, 0.25) is 5.91 Å². The third-order valence-corrected chi connectivity index (χ3v) is 6.47. The van der Waals surface area contributed by atoms with E-state index in [0.717, 1.165) is 15.6 Å². The molecular formula is C12H16N2O5S2. The van der Waals surface area contributed by atoms with Crippen LogP contribution >= 0.6 is 11.3 Å². The maximum absolute atomic E-state index is 12.2. The zero-order valence-electron chi connectivity index (χ0n) is 11.4. The molecule has 1 aromatic rings. The Morgan fingerprint density at radius 2 is 2.14 bits per heavy atom. The first kappa shape index (κ1) is 15.9. The highest BCUT2D eigenvalue weighted by Gasteiger charge is 2.34. The first-order chi connectivity index (χ1) is 9.80. The molecule has 2 heterocycles. The van der Waals surface area contributed by atoms with Crippen molar-refractivity contribution in [3.8, 4) is 0 Å². The van der Waals surface area contributed by atoms with Crippen molar-refractivity contribution in [1.82, 2.24) is 9.21 Å². The summed E-state index contributed by atoms with van der Waals surface area (Å²) in [7, 11) is -2.27. The molecule has 1 saturated heterocycles. The summed E-state index contributed by atoms with van der Waals surface area (Å²) in [5, 5.41) is 10.3. The summed E-state index contributed by atoms with van der Waals surface area (Å²) in [6.45, 7) is 0.510. The van der Waals surface area contributed by atoms with E-state index in [-0.39, 0.29) is 29.0 Å². The Kier molecular flexibility index (Phi) is 4.64. The van der Waals surface area contributed by atoms with Gasteiger partial charge in [0.15, 0.2) is 0 Å². The number of hydrogen-bond donors (Lipinski definition) is 1. The van der Waals surface area contributed by atoms with Gasteiger partial charge in [0.05, 0.1) is 13.0 Å². The third-order valence-electron chi connectivity index (χ3n) is 3.29. The second-order valence-corrected chi connectivity index (χ2v) is 8.18. The molecule has 0 aromatic carbocycles. The molecule has 1 fully saturated rings. The predicted molar refractivity (Wildman–Crippen MR) is 76.5 cm³/mol. The van der Waals surface area contributed by atoms with Crippen molar-refractivity contribution >= 4 is 33.2 Å². The molecule has 1 amide bonds. The minimum absolute atomic E-state index is 0.0348. The zero-order chi connectivity index (χ0) is 15.6. The number of thiophene rings is 1. The number of carbonyl (C=O) groups excluding carboxylic acids is 1. The summed E-state index contributed by atoms with van der Waals surface area (Å²) >= 11 is 1.10. The lowest BCUT2D eigenvalue weighted by atomic mass is 9.96. The monoisotopic (exact) mass is 332 g/mol. The normalized spacial score (nSPS) is 16.0. The van der Waals surface area contributed by atoms with Gasteiger partial charge in [-0.25, -0.2) is 8.42 Å². The Labute approximate surface area is 126 Å². The lowest BCUT2D eigenvalue weighted by Gasteiger charge is -2.39. The van der Waals surface area contributed by atoms with Crippen LogP contribution in [0.15, 0.2) is 21.7 Å². The van der Waals surface area contributed by atoms with Crippen LogP contribution in [-0.2, 0) is 19.6 Å². The molecule has 21 heavy (non-hydrogen) atoms. The molecular weight excluding hydrogens is 316 g/mol. The smallest absolute Gasteiger partial charge is 0.303 e. The van der Waals surface area contributed by atoms with Crippen molar-refractivity contribution < 1.29 is 23.1 Å². The number of aliphatic carboxylic acids is 1. The number of amides is 1. The summed E-state index contributed by atoms with van der Waals surface area (Å²) in [4.78, 5) is 24.0. The minimum Gasteiger partial charge on any atom is -0.481 e. The molecule has 0 spiro atoms. The Balaban J connectivity index is 1.88. The van der Waals surface area contributed by atoms with Crippen molar-refractivity contribution in [2.24, 2.45) is 5.92 Å². The molecule has 0 radical (unpaired) electrons. The molecule has 0 saturated carbocycles. The van der Waals surface area contributed by atoms with E-state index >= 15 is 0 Å². The molecule has 116 valence electrons. The van der Waals surface area contributed by atoms with Crippen LogP contribution in [0.4, 0.5) is 0 Å². The molecule has 1 N–H and O–H groups in total. The molecule has 7 nitrogen and oxygen atoms in total. The lowest BCUT2D eigenvalue weighted by molar-refractivity contribution is -0.145. The van der Waals surface area contributed by atoms with E-state index in [1.165, 1.54) is 18.0 Å². The van der Waals surface area contributed by atoms with Gasteiger partial charge in [-0.05, 0) is 11.4 Å². The lowest BCUT2D eigenvalue weighted by Crippen LogP contribution is -2.53. The van der Waals surface area contributed by atoms with Crippen LogP contribution in [-0.4, -0.2) is 61.3 Å². The van der Waals surface area contributed by atoms with Gasteiger partial charge in [-0.15, -0.1) is 11.3 Å². The summed E-state index contributed by atoms with van der Waals surface area (Å²) in [5.74, 6) is -1.23. The van der Waals surface area contributed by atoms with Crippen LogP contribution < -0.4 is 0 Å². The Bertz CT molecular complexity index is 620. The number of sulfonamides is 1. The fourth-order valence-corrected chi connectivity index (χ4v) is 4.41. The number of carbonyl (C=O) groups is 2. The highest BCUT2D eigenvalue weighted by Crippen LogP contribution is 2.22. The van der Waals surface area contributed by atoms with Gasteiger partial charge in [0, 0.05) is 26.1 Å². The molecule has 2 rings (SSSR count). The van der Waals surface area contributed by atoms with Gasteiger partial charge in [0.1, 0.15) is 4.21 Å². The van der Waals surface area contributed by atoms with Crippen LogP contribution in [0.1, 0.15) is 6.42 Å². The second kappa shape index (κ2) is 6.12. The zero-order valence-corrected chi connectivity index (χ0v) is 13.1. The fraction of sp³-hybridized carbons (Fsp3) is 0.500. The van der Waals surface area contributed by atoms with Crippen LogP contribution in [0.5, 0.6) is 0 Å². The van der Waals surface area contributed by atoms with Gasteiger partial charge in [-0.1, -0.05) is 6.07 Å². The molecule has 0 unspecified atom stereocenters. The van der Waals surface area contributed by atoms with Crippen LogP contribution in [0.2, 0.25) is 0 Å². The van der Waals surface area contributed by atoms with E-state index in [9.17, 15) is 18.0 Å². The van der Waals surface area contributed by atoms with Crippen molar-refractivity contribution in [3.05, 3.63) is 17.5 Å². The molecule has 1 aromatic heterocycles. The number of carboxylic acid groups (broad SMARTS) is 1. The largest absolute Gasteiger partial charge is 0.481 e. The number of likely N-dealkylation sites (N-methyl/N-ethyl adjacent to an activating group) is 1. The van der Waals surface area contributed by atoms with E-state index < -0.39 is 16.0 Å². The van der Waals surface area contributed by atoms with E-state index in [1.54, 1.807) is 11.4 Å². The summed E-state index contributed by atoms with van der Waals surface area (Å²) in [6, 6.07) is 3.13. The highest BCUT2D eigenvalue weighted by atomic mass is 32.2. The number of rotatable bonds is 6. The minimum atomic E-state index is -3.63. The number of likely N-dealkylation sites (tertiary alicyclic amines) is 1. The summed E-state index contributed by atoms with van der Waals surface area (Å²) < 4.78 is 25.5. The number of hydrogen-bond acceptors (Lipinski definition) is 5. The average Bonchev–Trinajstić information content (AvgIpc) is 2.86. The maximum Gasteiger partial charge on any atom is 0.303 e. The van der Waals surface area contributed by atoms with Gasteiger partial charge in [-0.2, -0.15) is 4.31 Å². The van der Waals surface area contributed by atoms with Crippen molar-refractivity contribution in [3.63, 3.8) is 0 Å². The first-order valence-corrected chi connectivity index (χ1v) is 8.62. The van der Waals surface area contributed by atoms with E-state index in [2.05, 4.69) is 0 Å². The number of nitrogens with zero attached hydrogens (tertiary/aromatic N) is 2. The van der Waals surface area contributed by atoms with E-state index in [4.69, 9.17) is 5.11 Å². The Hall–Kier alpha value is -1.45. The second-order valence-electron chi connectivity index (χ2n) is 4.96. The van der Waals surface area contributed by atoms with Crippen molar-refractivity contribution in [2.75, 3.05) is 26.7 Å². The third kappa shape index (κ3) is 3.60. The molecule has 0 aliphatic carbocycles. The van der Waals surface area contributed by atoms with Crippen molar-refractivity contribution in [1.29, 1.82) is 0 Å². The van der Waals surface area contributed by atoms with Gasteiger partial charge in [-0.3, -0.25) is 9.59 Å². The van der Waals surface area contributed by atoms with Crippen LogP contribution in [0, 0.1) is 5.92 Å².